The minimum absolute atomic E-state index is 0.0466. The number of carboxylic acid groups (broad SMARTS) is 1. The van der Waals surface area contributed by atoms with Crippen molar-refractivity contribution in [2.45, 2.75) is 31.9 Å². The maximum Gasteiger partial charge on any atom is 0.290 e. The van der Waals surface area contributed by atoms with Gasteiger partial charge in [-0.05, 0) is 42.2 Å². The lowest BCUT2D eigenvalue weighted by Crippen LogP contribution is -2.58. The van der Waals surface area contributed by atoms with Crippen LogP contribution in [-0.4, -0.2) is 81.1 Å². The molecule has 9 nitrogen and oxygen atoms in total. The van der Waals surface area contributed by atoms with Gasteiger partial charge in [-0.15, -0.1) is 0 Å². The lowest BCUT2D eigenvalue weighted by Gasteiger charge is -2.47. The van der Waals surface area contributed by atoms with Gasteiger partial charge in [0.2, 0.25) is 0 Å². The Morgan fingerprint density at radius 3 is 2.75 bits per heavy atom. The number of carbonyl (C=O) groups excluding carboxylic acids is 1. The van der Waals surface area contributed by atoms with Crippen molar-refractivity contribution in [1.82, 2.24) is 25.2 Å². The first-order valence-electron chi connectivity index (χ1n) is 9.19. The van der Waals surface area contributed by atoms with Gasteiger partial charge in [-0.25, -0.2) is 0 Å². The molecule has 2 saturated heterocycles. The molecule has 28 heavy (non-hydrogen) atoms. The predicted molar refractivity (Wildman–Crippen MR) is 103 cm³/mol. The number of hydrogen-bond acceptors (Lipinski definition) is 7. The maximum atomic E-state index is 12.7. The molecule has 2 aromatic rings. The highest BCUT2D eigenvalue weighted by Crippen LogP contribution is 2.31. The second-order valence-corrected chi connectivity index (χ2v) is 7.81. The molecule has 0 radical (unpaired) electrons. The molecule has 0 atom stereocenters. The Bertz CT molecular complexity index is 771. The summed E-state index contributed by atoms with van der Waals surface area (Å²) in [4.78, 5) is 25.4. The summed E-state index contributed by atoms with van der Waals surface area (Å²) in [6.07, 6.45) is 1.91. The Morgan fingerprint density at radius 2 is 2.14 bits per heavy atom. The molecule has 4 heterocycles. The Morgan fingerprint density at radius 1 is 1.39 bits per heavy atom. The Kier molecular flexibility index (Phi) is 6.76. The van der Waals surface area contributed by atoms with Crippen LogP contribution in [0.25, 0.3) is 0 Å². The largest absolute Gasteiger partial charge is 0.483 e. The van der Waals surface area contributed by atoms with Crippen LogP contribution in [0.5, 0.6) is 0 Å². The molecule has 0 bridgehead atoms. The highest BCUT2D eigenvalue weighted by Gasteiger charge is 2.41. The molecule has 1 spiro atoms. The van der Waals surface area contributed by atoms with Crippen LogP contribution in [-0.2, 0) is 16.1 Å². The molecular weight excluding hydrogens is 382 g/mol. The van der Waals surface area contributed by atoms with Gasteiger partial charge in [0.1, 0.15) is 0 Å². The first-order chi connectivity index (χ1) is 13.6. The van der Waals surface area contributed by atoms with Gasteiger partial charge in [0.25, 0.3) is 12.4 Å². The molecule has 1 amide bonds. The molecule has 4 rings (SSSR count). The standard InChI is InChI=1S/C17H23N5O2S.CH2O2/c1-13-15(19-20-18-13)16(23)22-7-8-24-17(12-22)3-5-21(6-4-17)10-14-2-9-25-11-14;2-1-3/h2,9,11H,3-8,10,12H2,1H3,(H,18,19,20);1H,(H,2,3). The summed E-state index contributed by atoms with van der Waals surface area (Å²) in [7, 11) is 0. The second kappa shape index (κ2) is 9.26. The molecular formula is C18H25N5O4S. The molecule has 0 aromatic carbocycles. The third kappa shape index (κ3) is 4.75. The van der Waals surface area contributed by atoms with Crippen molar-refractivity contribution < 1.29 is 19.4 Å². The van der Waals surface area contributed by atoms with Gasteiger partial charge in [-0.1, -0.05) is 0 Å². The van der Waals surface area contributed by atoms with E-state index < -0.39 is 0 Å². The normalized spacial score (nSPS) is 19.1. The quantitative estimate of drug-likeness (QED) is 0.739. The monoisotopic (exact) mass is 407 g/mol. The molecule has 2 N–H and O–H groups in total. The first kappa shape index (κ1) is 20.4. The average molecular weight is 407 g/mol. The smallest absolute Gasteiger partial charge is 0.290 e. The number of likely N-dealkylation sites (tertiary alicyclic amines) is 1. The van der Waals surface area contributed by atoms with E-state index in [0.717, 1.165) is 32.5 Å². The molecule has 152 valence electrons. The van der Waals surface area contributed by atoms with Crippen LogP contribution in [0.3, 0.4) is 0 Å². The number of aromatic nitrogens is 3. The van der Waals surface area contributed by atoms with Crippen LogP contribution in [0.1, 0.15) is 34.6 Å². The van der Waals surface area contributed by atoms with E-state index in [1.807, 2.05) is 4.90 Å². The number of nitrogens with one attached hydrogen (secondary N) is 1. The number of ether oxygens (including phenoxy) is 1. The molecule has 10 heteroatoms. The molecule has 0 unspecified atom stereocenters. The number of amides is 1. The van der Waals surface area contributed by atoms with E-state index in [9.17, 15) is 4.79 Å². The Hall–Kier alpha value is -2.30. The van der Waals surface area contributed by atoms with Crippen LogP contribution in [0, 0.1) is 6.92 Å². The molecule has 0 saturated carbocycles. The number of aromatic amines is 1. The Balaban J connectivity index is 0.000000706. The number of nitrogens with zero attached hydrogens (tertiary/aromatic N) is 4. The molecule has 2 aromatic heterocycles. The fraction of sp³-hybridized carbons (Fsp3) is 0.556. The third-order valence-corrected chi connectivity index (χ3v) is 5.95. The summed E-state index contributed by atoms with van der Waals surface area (Å²) in [5.74, 6) is -0.0466. The van der Waals surface area contributed by atoms with Crippen molar-refractivity contribution in [1.29, 1.82) is 0 Å². The lowest BCUT2D eigenvalue weighted by molar-refractivity contribution is -0.128. The highest BCUT2D eigenvalue weighted by atomic mass is 32.1. The van der Waals surface area contributed by atoms with E-state index in [1.165, 1.54) is 5.56 Å². The zero-order valence-electron chi connectivity index (χ0n) is 15.8. The van der Waals surface area contributed by atoms with Gasteiger partial charge in [-0.3, -0.25) is 14.5 Å². The van der Waals surface area contributed by atoms with Crippen LogP contribution < -0.4 is 0 Å². The maximum absolute atomic E-state index is 12.7. The van der Waals surface area contributed by atoms with Gasteiger partial charge < -0.3 is 14.7 Å². The molecule has 2 aliphatic rings. The summed E-state index contributed by atoms with van der Waals surface area (Å²) >= 11 is 1.74. The van der Waals surface area contributed by atoms with Crippen molar-refractivity contribution in [2.24, 2.45) is 0 Å². The number of aryl methyl sites for hydroxylation is 1. The van der Waals surface area contributed by atoms with E-state index in [-0.39, 0.29) is 18.0 Å². The molecule has 2 aliphatic heterocycles. The SMILES string of the molecule is Cc1n[nH]nc1C(=O)N1CCOC2(CCN(Cc3ccsc3)CC2)C1.O=CO. The van der Waals surface area contributed by atoms with Gasteiger partial charge in [-0.2, -0.15) is 26.7 Å². The number of thiophene rings is 1. The molecule has 2 fully saturated rings. The van der Waals surface area contributed by atoms with E-state index in [4.69, 9.17) is 14.6 Å². The van der Waals surface area contributed by atoms with Crippen LogP contribution in [0.4, 0.5) is 0 Å². The number of morpholine rings is 1. The summed E-state index contributed by atoms with van der Waals surface area (Å²) in [6, 6.07) is 2.19. The van der Waals surface area contributed by atoms with Crippen LogP contribution in [0.15, 0.2) is 16.8 Å². The van der Waals surface area contributed by atoms with E-state index in [2.05, 4.69) is 37.1 Å². The third-order valence-electron chi connectivity index (χ3n) is 5.21. The number of rotatable bonds is 3. The predicted octanol–water partition coefficient (Wildman–Crippen LogP) is 1.38. The van der Waals surface area contributed by atoms with Gasteiger partial charge in [0.05, 0.1) is 24.4 Å². The summed E-state index contributed by atoms with van der Waals surface area (Å²) in [6.45, 7) is 6.40. The van der Waals surface area contributed by atoms with Gasteiger partial charge in [0, 0.05) is 26.2 Å². The average Bonchev–Trinajstić information content (AvgIpc) is 3.36. The summed E-state index contributed by atoms with van der Waals surface area (Å²) in [5.41, 5.74) is 2.24. The van der Waals surface area contributed by atoms with Crippen molar-refractivity contribution >= 4 is 23.7 Å². The van der Waals surface area contributed by atoms with Crippen LogP contribution in [0.2, 0.25) is 0 Å². The Labute approximate surface area is 167 Å². The van der Waals surface area contributed by atoms with E-state index in [1.54, 1.807) is 18.3 Å². The summed E-state index contributed by atoms with van der Waals surface area (Å²) < 4.78 is 6.16. The molecule has 0 aliphatic carbocycles. The van der Waals surface area contributed by atoms with Crippen molar-refractivity contribution in [3.05, 3.63) is 33.8 Å². The number of H-pyrrole nitrogens is 1. The van der Waals surface area contributed by atoms with E-state index in [0.29, 0.717) is 31.1 Å². The van der Waals surface area contributed by atoms with Gasteiger partial charge in [0.15, 0.2) is 5.69 Å². The minimum Gasteiger partial charge on any atom is -0.483 e. The zero-order valence-corrected chi connectivity index (χ0v) is 16.7. The fourth-order valence-corrected chi connectivity index (χ4v) is 4.38. The zero-order chi connectivity index (χ0) is 20.0. The van der Waals surface area contributed by atoms with Crippen molar-refractivity contribution in [2.75, 3.05) is 32.8 Å². The van der Waals surface area contributed by atoms with E-state index >= 15 is 0 Å². The van der Waals surface area contributed by atoms with Gasteiger partial charge >= 0.3 is 0 Å². The first-order valence-corrected chi connectivity index (χ1v) is 10.1. The second-order valence-electron chi connectivity index (χ2n) is 7.03. The lowest BCUT2D eigenvalue weighted by atomic mass is 9.89. The highest BCUT2D eigenvalue weighted by molar-refractivity contribution is 7.07. The van der Waals surface area contributed by atoms with Crippen LogP contribution >= 0.6 is 11.3 Å². The van der Waals surface area contributed by atoms with Crippen molar-refractivity contribution in [3.8, 4) is 0 Å². The number of piperidine rings is 1. The number of hydrogen-bond donors (Lipinski definition) is 2. The fourth-order valence-electron chi connectivity index (χ4n) is 3.72. The summed E-state index contributed by atoms with van der Waals surface area (Å²) in [5, 5.41) is 21.7. The van der Waals surface area contributed by atoms with Crippen molar-refractivity contribution in [3.63, 3.8) is 0 Å². The minimum atomic E-state index is -0.250. The number of carbonyl (C=O) groups is 2. The topological polar surface area (TPSA) is 112 Å².